The maximum Gasteiger partial charge on any atom is 0.305 e. The van der Waals surface area contributed by atoms with Crippen LogP contribution in [0.15, 0.2) is 42.5 Å². The molecule has 1 aromatic heterocycles. The number of benzene rings is 2. The average molecular weight is 461 g/mol. The predicted octanol–water partition coefficient (Wildman–Crippen LogP) is 5.73. The van der Waals surface area contributed by atoms with E-state index in [9.17, 15) is 14.7 Å². The van der Waals surface area contributed by atoms with Gasteiger partial charge in [0.05, 0.1) is 18.7 Å². The first-order valence-corrected chi connectivity index (χ1v) is 12.3. The zero-order chi connectivity index (χ0) is 23.9. The molecule has 1 aliphatic heterocycles. The number of nitrogens with zero attached hydrogens (tertiary/aromatic N) is 1. The van der Waals surface area contributed by atoms with E-state index in [1.54, 1.807) is 13.8 Å². The molecule has 178 valence electrons. The van der Waals surface area contributed by atoms with Gasteiger partial charge >= 0.3 is 5.97 Å². The van der Waals surface area contributed by atoms with Crippen LogP contribution in [-0.2, 0) is 11.3 Å². The Morgan fingerprint density at radius 2 is 1.88 bits per heavy atom. The van der Waals surface area contributed by atoms with Crippen LogP contribution in [0.25, 0.3) is 22.2 Å². The van der Waals surface area contributed by atoms with Crippen LogP contribution in [0.1, 0.15) is 74.2 Å². The van der Waals surface area contributed by atoms with Gasteiger partial charge in [0.15, 0.2) is 0 Å². The number of aliphatic carboxylic acids is 1. The molecule has 0 bridgehead atoms. The fourth-order valence-electron chi connectivity index (χ4n) is 5.68. The van der Waals surface area contributed by atoms with E-state index >= 15 is 0 Å². The lowest BCUT2D eigenvalue weighted by molar-refractivity contribution is -0.138. The standard InChI is InChI=1S/C28H32N2O4/c1-28(2,17-24(31)32)29-27(33)19-12-13-20-22(16-19)30-14-15-34-23-11-7-6-10-21(23)26(30)25(20)18-8-4-3-5-9-18/h6-7,10-13,16,18H,3-5,8-9,14-15,17H2,1-2H3,(H,29,33)(H,31,32). The summed E-state index contributed by atoms with van der Waals surface area (Å²) in [6.07, 6.45) is 6.01. The number of ether oxygens (including phenoxy) is 1. The topological polar surface area (TPSA) is 80.6 Å². The van der Waals surface area contributed by atoms with Crippen molar-refractivity contribution in [3.8, 4) is 17.0 Å². The van der Waals surface area contributed by atoms with Crippen LogP contribution >= 0.6 is 0 Å². The lowest BCUT2D eigenvalue weighted by atomic mass is 9.81. The van der Waals surface area contributed by atoms with E-state index in [0.717, 1.165) is 16.8 Å². The van der Waals surface area contributed by atoms with Crippen LogP contribution in [0.4, 0.5) is 0 Å². The number of nitrogens with one attached hydrogen (secondary N) is 1. The molecule has 0 unspecified atom stereocenters. The molecule has 0 radical (unpaired) electrons. The van der Waals surface area contributed by atoms with Gasteiger partial charge in [-0.05, 0) is 62.4 Å². The van der Waals surface area contributed by atoms with E-state index in [2.05, 4.69) is 28.1 Å². The minimum atomic E-state index is -0.937. The van der Waals surface area contributed by atoms with E-state index in [1.807, 2.05) is 24.3 Å². The minimum Gasteiger partial charge on any atom is -0.491 e. The molecule has 3 aromatic rings. The van der Waals surface area contributed by atoms with Crippen LogP contribution in [0.3, 0.4) is 0 Å². The number of carbonyl (C=O) groups excluding carboxylic acids is 1. The van der Waals surface area contributed by atoms with Gasteiger partial charge < -0.3 is 19.7 Å². The van der Waals surface area contributed by atoms with Crippen molar-refractivity contribution in [2.75, 3.05) is 6.61 Å². The fourth-order valence-corrected chi connectivity index (χ4v) is 5.68. The van der Waals surface area contributed by atoms with Gasteiger partial charge in [0.2, 0.25) is 0 Å². The number of carboxylic acid groups (broad SMARTS) is 1. The van der Waals surface area contributed by atoms with Crippen molar-refractivity contribution in [2.24, 2.45) is 0 Å². The maximum atomic E-state index is 13.1. The second-order valence-corrected chi connectivity index (χ2v) is 10.2. The Balaban J connectivity index is 1.64. The molecular weight excluding hydrogens is 428 g/mol. The first-order chi connectivity index (χ1) is 16.3. The first-order valence-electron chi connectivity index (χ1n) is 12.3. The van der Waals surface area contributed by atoms with Crippen LogP contribution in [0.5, 0.6) is 5.75 Å². The van der Waals surface area contributed by atoms with E-state index in [1.165, 1.54) is 48.7 Å². The third-order valence-corrected chi connectivity index (χ3v) is 7.14. The third kappa shape index (κ3) is 4.17. The summed E-state index contributed by atoms with van der Waals surface area (Å²) in [5.41, 5.74) is 4.46. The Labute approximate surface area is 199 Å². The van der Waals surface area contributed by atoms with Gasteiger partial charge in [0, 0.05) is 27.6 Å². The highest BCUT2D eigenvalue weighted by Gasteiger charge is 2.30. The van der Waals surface area contributed by atoms with Crippen molar-refractivity contribution < 1.29 is 19.4 Å². The summed E-state index contributed by atoms with van der Waals surface area (Å²) >= 11 is 0. The highest BCUT2D eigenvalue weighted by molar-refractivity contribution is 6.01. The molecule has 0 spiro atoms. The van der Waals surface area contributed by atoms with E-state index in [0.29, 0.717) is 24.6 Å². The predicted molar refractivity (Wildman–Crippen MR) is 132 cm³/mol. The summed E-state index contributed by atoms with van der Waals surface area (Å²) in [4.78, 5) is 24.3. The maximum absolute atomic E-state index is 13.1. The largest absolute Gasteiger partial charge is 0.491 e. The molecule has 34 heavy (non-hydrogen) atoms. The van der Waals surface area contributed by atoms with Gasteiger partial charge in [0.25, 0.3) is 5.91 Å². The monoisotopic (exact) mass is 460 g/mol. The minimum absolute atomic E-state index is 0.137. The zero-order valence-corrected chi connectivity index (χ0v) is 19.9. The van der Waals surface area contributed by atoms with Crippen LogP contribution in [0.2, 0.25) is 0 Å². The molecular formula is C28H32N2O4. The Kier molecular flexibility index (Phi) is 5.84. The molecule has 1 fully saturated rings. The number of para-hydroxylation sites is 1. The number of carbonyl (C=O) groups is 2. The van der Waals surface area contributed by atoms with Gasteiger partial charge in [-0.15, -0.1) is 0 Å². The summed E-state index contributed by atoms with van der Waals surface area (Å²) in [7, 11) is 0. The number of fused-ring (bicyclic) bond motifs is 5. The molecule has 1 aliphatic carbocycles. The Morgan fingerprint density at radius 1 is 1.12 bits per heavy atom. The summed E-state index contributed by atoms with van der Waals surface area (Å²) in [6.45, 7) is 4.75. The van der Waals surface area contributed by atoms with E-state index in [4.69, 9.17) is 4.74 Å². The van der Waals surface area contributed by atoms with Crippen molar-refractivity contribution in [3.63, 3.8) is 0 Å². The smallest absolute Gasteiger partial charge is 0.305 e. The Hall–Kier alpha value is -3.28. The highest BCUT2D eigenvalue weighted by Crippen LogP contribution is 2.47. The quantitative estimate of drug-likeness (QED) is 0.509. The molecule has 6 nitrogen and oxygen atoms in total. The van der Waals surface area contributed by atoms with Gasteiger partial charge in [-0.2, -0.15) is 0 Å². The number of hydrogen-bond donors (Lipinski definition) is 2. The zero-order valence-electron chi connectivity index (χ0n) is 19.9. The van der Waals surface area contributed by atoms with Crippen molar-refractivity contribution in [2.45, 2.75) is 70.4 Å². The SMILES string of the molecule is CC(C)(CC(=O)O)NC(=O)c1ccc2c(C3CCCCC3)c3n(c2c1)CCOc1ccccc1-3. The number of hydrogen-bond acceptors (Lipinski definition) is 3. The van der Waals surface area contributed by atoms with Crippen LogP contribution < -0.4 is 10.1 Å². The molecule has 2 heterocycles. The first kappa shape index (κ1) is 22.5. The fraction of sp³-hybridized carbons (Fsp3) is 0.429. The summed E-state index contributed by atoms with van der Waals surface area (Å²) < 4.78 is 8.43. The lowest BCUT2D eigenvalue weighted by Gasteiger charge is -2.24. The second-order valence-electron chi connectivity index (χ2n) is 10.2. The molecule has 2 N–H and O–H groups in total. The van der Waals surface area contributed by atoms with Crippen molar-refractivity contribution in [3.05, 3.63) is 53.6 Å². The summed E-state index contributed by atoms with van der Waals surface area (Å²) in [5, 5.41) is 13.3. The molecule has 2 aliphatic rings. The van der Waals surface area contributed by atoms with Crippen LogP contribution in [-0.4, -0.2) is 33.7 Å². The summed E-state index contributed by atoms with van der Waals surface area (Å²) in [6, 6.07) is 14.2. The van der Waals surface area contributed by atoms with E-state index < -0.39 is 11.5 Å². The number of rotatable bonds is 5. The van der Waals surface area contributed by atoms with Gasteiger partial charge in [0.1, 0.15) is 12.4 Å². The van der Waals surface area contributed by atoms with Gasteiger partial charge in [-0.25, -0.2) is 0 Å². The van der Waals surface area contributed by atoms with Crippen molar-refractivity contribution >= 4 is 22.8 Å². The normalized spacial score (nSPS) is 16.3. The number of aromatic nitrogens is 1. The molecule has 2 aromatic carbocycles. The summed E-state index contributed by atoms with van der Waals surface area (Å²) in [5.74, 6) is 0.212. The van der Waals surface area contributed by atoms with E-state index in [-0.39, 0.29) is 12.3 Å². The third-order valence-electron chi connectivity index (χ3n) is 7.14. The lowest BCUT2D eigenvalue weighted by Crippen LogP contribution is -2.44. The number of amides is 1. The Morgan fingerprint density at radius 3 is 2.65 bits per heavy atom. The number of carboxylic acids is 1. The van der Waals surface area contributed by atoms with Crippen LogP contribution in [0, 0.1) is 0 Å². The molecule has 6 heteroatoms. The second kappa shape index (κ2) is 8.82. The Bertz CT molecular complexity index is 1250. The van der Waals surface area contributed by atoms with Crippen molar-refractivity contribution in [1.29, 1.82) is 0 Å². The molecule has 1 saturated carbocycles. The van der Waals surface area contributed by atoms with Crippen molar-refractivity contribution in [1.82, 2.24) is 9.88 Å². The molecule has 0 atom stereocenters. The molecule has 0 saturated heterocycles. The average Bonchev–Trinajstić information content (AvgIpc) is 2.99. The molecule has 1 amide bonds. The molecule has 5 rings (SSSR count). The van der Waals surface area contributed by atoms with Gasteiger partial charge in [-0.3, -0.25) is 9.59 Å². The highest BCUT2D eigenvalue weighted by atomic mass is 16.5. The van der Waals surface area contributed by atoms with Gasteiger partial charge in [-0.1, -0.05) is 37.5 Å².